The standard InChI is InChI=1S/C13H23N3.3ClH/c1-13(2,10-16(3)4)9-15-12-8-6-5-7-11(12)14;;;/h5-8,15H,9-10,14H2,1-4H3;3*1H. The molecule has 1 aromatic carbocycles. The van der Waals surface area contributed by atoms with Gasteiger partial charge in [0.25, 0.3) is 0 Å². The summed E-state index contributed by atoms with van der Waals surface area (Å²) in [6, 6.07) is 7.88. The normalized spacial score (nSPS) is 9.95. The van der Waals surface area contributed by atoms with Crippen LogP contribution in [0.15, 0.2) is 24.3 Å². The van der Waals surface area contributed by atoms with Gasteiger partial charge in [0.15, 0.2) is 0 Å². The highest BCUT2D eigenvalue weighted by Crippen LogP contribution is 2.21. The lowest BCUT2D eigenvalue weighted by Crippen LogP contribution is -2.34. The summed E-state index contributed by atoms with van der Waals surface area (Å²) in [6.07, 6.45) is 0. The summed E-state index contributed by atoms with van der Waals surface area (Å²) in [5.74, 6) is 0. The molecule has 3 N–H and O–H groups in total. The lowest BCUT2D eigenvalue weighted by Gasteiger charge is -2.29. The van der Waals surface area contributed by atoms with E-state index in [0.29, 0.717) is 0 Å². The van der Waals surface area contributed by atoms with E-state index in [0.717, 1.165) is 24.5 Å². The van der Waals surface area contributed by atoms with Crippen LogP contribution in [-0.2, 0) is 0 Å². The maximum absolute atomic E-state index is 5.88. The van der Waals surface area contributed by atoms with Crippen molar-refractivity contribution in [1.29, 1.82) is 0 Å². The van der Waals surface area contributed by atoms with E-state index in [1.165, 1.54) is 0 Å². The third-order valence-corrected chi connectivity index (χ3v) is 2.46. The molecule has 0 heterocycles. The van der Waals surface area contributed by atoms with Crippen molar-refractivity contribution >= 4 is 48.6 Å². The number of nitrogen functional groups attached to an aromatic ring is 1. The molecule has 0 unspecified atom stereocenters. The van der Waals surface area contributed by atoms with Crippen LogP contribution in [0, 0.1) is 5.41 Å². The van der Waals surface area contributed by atoms with E-state index in [1.807, 2.05) is 24.3 Å². The number of para-hydroxylation sites is 2. The summed E-state index contributed by atoms with van der Waals surface area (Å²) < 4.78 is 0. The van der Waals surface area contributed by atoms with Crippen LogP contribution in [-0.4, -0.2) is 32.1 Å². The highest BCUT2D eigenvalue weighted by atomic mass is 35.5. The van der Waals surface area contributed by atoms with Gasteiger partial charge in [-0.15, -0.1) is 37.2 Å². The minimum absolute atomic E-state index is 0. The molecule has 3 nitrogen and oxygen atoms in total. The fourth-order valence-corrected chi connectivity index (χ4v) is 1.90. The Kier molecular flexibility index (Phi) is 13.0. The predicted molar refractivity (Wildman–Crippen MR) is 93.4 cm³/mol. The van der Waals surface area contributed by atoms with Crippen LogP contribution in [0.5, 0.6) is 0 Å². The second-order valence-electron chi connectivity index (χ2n) is 5.34. The lowest BCUT2D eigenvalue weighted by molar-refractivity contribution is 0.254. The molecule has 0 atom stereocenters. The van der Waals surface area contributed by atoms with Gasteiger partial charge >= 0.3 is 0 Å². The summed E-state index contributed by atoms with van der Waals surface area (Å²) in [4.78, 5) is 2.20. The summed E-state index contributed by atoms with van der Waals surface area (Å²) in [7, 11) is 4.19. The molecule has 0 bridgehead atoms. The van der Waals surface area contributed by atoms with E-state index in [2.05, 4.69) is 38.2 Å². The first-order valence-corrected chi connectivity index (χ1v) is 5.64. The molecule has 0 radical (unpaired) electrons. The Balaban J connectivity index is -0.000000853. The van der Waals surface area contributed by atoms with E-state index in [-0.39, 0.29) is 42.6 Å². The third kappa shape index (κ3) is 9.22. The zero-order valence-corrected chi connectivity index (χ0v) is 14.4. The number of rotatable bonds is 5. The Bertz CT molecular complexity index is 344. The first-order chi connectivity index (χ1) is 7.41. The molecule has 0 fully saturated rings. The van der Waals surface area contributed by atoms with Gasteiger partial charge in [-0.3, -0.25) is 0 Å². The van der Waals surface area contributed by atoms with Gasteiger partial charge in [0.05, 0.1) is 11.4 Å². The average molecular weight is 331 g/mol. The molecule has 0 aliphatic carbocycles. The molecular formula is C13H26Cl3N3. The monoisotopic (exact) mass is 329 g/mol. The molecular weight excluding hydrogens is 305 g/mol. The molecule has 0 aliphatic heterocycles. The van der Waals surface area contributed by atoms with Crippen molar-refractivity contribution in [2.24, 2.45) is 5.41 Å². The number of nitrogens with two attached hydrogens (primary N) is 1. The van der Waals surface area contributed by atoms with Crippen LogP contribution in [0.1, 0.15) is 13.8 Å². The van der Waals surface area contributed by atoms with E-state index >= 15 is 0 Å². The van der Waals surface area contributed by atoms with Gasteiger partial charge in [0, 0.05) is 13.1 Å². The Morgan fingerprint density at radius 3 is 2.11 bits per heavy atom. The molecule has 19 heavy (non-hydrogen) atoms. The topological polar surface area (TPSA) is 41.3 Å². The molecule has 0 aromatic heterocycles. The largest absolute Gasteiger partial charge is 0.397 e. The van der Waals surface area contributed by atoms with Crippen molar-refractivity contribution in [3.05, 3.63) is 24.3 Å². The van der Waals surface area contributed by atoms with Gasteiger partial charge in [-0.2, -0.15) is 0 Å². The fraction of sp³-hybridized carbons (Fsp3) is 0.538. The van der Waals surface area contributed by atoms with Gasteiger partial charge < -0.3 is 16.0 Å². The van der Waals surface area contributed by atoms with Crippen molar-refractivity contribution in [3.63, 3.8) is 0 Å². The molecule has 0 aliphatic rings. The molecule has 1 aromatic rings. The molecule has 1 rings (SSSR count). The summed E-state index contributed by atoms with van der Waals surface area (Å²) in [5, 5.41) is 3.41. The minimum Gasteiger partial charge on any atom is -0.397 e. The van der Waals surface area contributed by atoms with Gasteiger partial charge in [0.1, 0.15) is 0 Å². The molecule has 0 spiro atoms. The highest BCUT2D eigenvalue weighted by Gasteiger charge is 2.18. The van der Waals surface area contributed by atoms with Crippen molar-refractivity contribution in [2.45, 2.75) is 13.8 Å². The number of halogens is 3. The van der Waals surface area contributed by atoms with Gasteiger partial charge in [-0.25, -0.2) is 0 Å². The molecule has 0 saturated heterocycles. The summed E-state index contributed by atoms with van der Waals surface area (Å²) in [6.45, 7) is 6.46. The molecule has 0 amide bonds. The van der Waals surface area contributed by atoms with Gasteiger partial charge in [0.2, 0.25) is 0 Å². The first-order valence-electron chi connectivity index (χ1n) is 5.64. The Labute approximate surface area is 135 Å². The van der Waals surface area contributed by atoms with Crippen LogP contribution in [0.2, 0.25) is 0 Å². The first kappa shape index (κ1) is 23.7. The SMILES string of the molecule is CN(C)CC(C)(C)CNc1ccccc1N.Cl.Cl.Cl. The zero-order valence-electron chi connectivity index (χ0n) is 12.0. The second kappa shape index (κ2) is 10.4. The Morgan fingerprint density at radius 1 is 1.11 bits per heavy atom. The van der Waals surface area contributed by atoms with Crippen molar-refractivity contribution in [1.82, 2.24) is 4.90 Å². The highest BCUT2D eigenvalue weighted by molar-refractivity contribution is 5.86. The second-order valence-corrected chi connectivity index (χ2v) is 5.34. The smallest absolute Gasteiger partial charge is 0.0574 e. The molecule has 114 valence electrons. The van der Waals surface area contributed by atoms with Crippen LogP contribution in [0.3, 0.4) is 0 Å². The molecule has 6 heteroatoms. The maximum atomic E-state index is 5.88. The summed E-state index contributed by atoms with van der Waals surface area (Å²) in [5.41, 5.74) is 7.94. The number of benzene rings is 1. The number of hydrogen-bond acceptors (Lipinski definition) is 3. The van der Waals surface area contributed by atoms with E-state index < -0.39 is 0 Å². The quantitative estimate of drug-likeness (QED) is 0.811. The van der Waals surface area contributed by atoms with Crippen LogP contribution in [0.4, 0.5) is 11.4 Å². The number of anilines is 2. The van der Waals surface area contributed by atoms with Gasteiger partial charge in [-0.05, 0) is 31.6 Å². The van der Waals surface area contributed by atoms with Crippen LogP contribution in [0.25, 0.3) is 0 Å². The van der Waals surface area contributed by atoms with E-state index in [1.54, 1.807) is 0 Å². The number of hydrogen-bond donors (Lipinski definition) is 2. The minimum atomic E-state index is 0. The molecule has 0 saturated carbocycles. The lowest BCUT2D eigenvalue weighted by atomic mass is 9.93. The number of nitrogens with zero attached hydrogens (tertiary/aromatic N) is 1. The third-order valence-electron chi connectivity index (χ3n) is 2.46. The van der Waals surface area contributed by atoms with Gasteiger partial charge in [-0.1, -0.05) is 26.0 Å². The van der Waals surface area contributed by atoms with Crippen molar-refractivity contribution < 1.29 is 0 Å². The average Bonchev–Trinajstić information content (AvgIpc) is 2.14. The van der Waals surface area contributed by atoms with E-state index in [9.17, 15) is 0 Å². The maximum Gasteiger partial charge on any atom is 0.0574 e. The Morgan fingerprint density at radius 2 is 1.63 bits per heavy atom. The summed E-state index contributed by atoms with van der Waals surface area (Å²) >= 11 is 0. The van der Waals surface area contributed by atoms with Crippen molar-refractivity contribution in [2.75, 3.05) is 38.2 Å². The predicted octanol–water partition coefficient (Wildman–Crippen LogP) is 3.53. The number of nitrogens with one attached hydrogen (secondary N) is 1. The zero-order chi connectivity index (χ0) is 12.2. The van der Waals surface area contributed by atoms with Crippen LogP contribution < -0.4 is 11.1 Å². The van der Waals surface area contributed by atoms with E-state index in [4.69, 9.17) is 5.73 Å². The van der Waals surface area contributed by atoms with Crippen molar-refractivity contribution in [3.8, 4) is 0 Å². The Hall–Kier alpha value is -0.350. The fourth-order valence-electron chi connectivity index (χ4n) is 1.90. The van der Waals surface area contributed by atoms with Crippen LogP contribution >= 0.6 is 37.2 Å².